The lowest BCUT2D eigenvalue weighted by Gasteiger charge is -2.30. The van der Waals surface area contributed by atoms with E-state index < -0.39 is 0 Å². The Kier molecular flexibility index (Phi) is 4.87. The Labute approximate surface area is 110 Å². The van der Waals surface area contributed by atoms with Gasteiger partial charge in [-0.15, -0.1) is 0 Å². The molecule has 0 bridgehead atoms. The largest absolute Gasteiger partial charge is 0.383 e. The van der Waals surface area contributed by atoms with Crippen LogP contribution in [0.4, 0.5) is 4.79 Å². The molecule has 2 aliphatic rings. The SMILES string of the molecule is COCCN(C(=O)NC1CCCC1)C(C)C1CC1. The highest BCUT2D eigenvalue weighted by atomic mass is 16.5. The predicted octanol–water partition coefficient (Wildman–Crippen LogP) is 2.39. The third-order valence-corrected chi connectivity index (χ3v) is 4.28. The van der Waals surface area contributed by atoms with E-state index in [-0.39, 0.29) is 6.03 Å². The van der Waals surface area contributed by atoms with Crippen LogP contribution in [-0.2, 0) is 4.74 Å². The molecule has 0 spiro atoms. The molecule has 2 aliphatic carbocycles. The predicted molar refractivity (Wildman–Crippen MR) is 71.6 cm³/mol. The van der Waals surface area contributed by atoms with E-state index in [9.17, 15) is 4.79 Å². The zero-order chi connectivity index (χ0) is 13.0. The fourth-order valence-corrected chi connectivity index (χ4v) is 2.84. The van der Waals surface area contributed by atoms with Crippen LogP contribution in [0.5, 0.6) is 0 Å². The molecule has 18 heavy (non-hydrogen) atoms. The van der Waals surface area contributed by atoms with Crippen molar-refractivity contribution < 1.29 is 9.53 Å². The minimum absolute atomic E-state index is 0.110. The van der Waals surface area contributed by atoms with Gasteiger partial charge in [-0.05, 0) is 38.5 Å². The van der Waals surface area contributed by atoms with Crippen molar-refractivity contribution in [2.45, 2.75) is 57.5 Å². The number of amides is 2. The molecule has 0 heterocycles. The van der Waals surface area contributed by atoms with E-state index >= 15 is 0 Å². The monoisotopic (exact) mass is 254 g/mol. The molecular formula is C14H26N2O2. The average Bonchev–Trinajstić information content (AvgIpc) is 3.09. The van der Waals surface area contributed by atoms with Crippen LogP contribution in [0.1, 0.15) is 45.4 Å². The number of nitrogens with zero attached hydrogens (tertiary/aromatic N) is 1. The summed E-state index contributed by atoms with van der Waals surface area (Å²) < 4.78 is 5.12. The maximum Gasteiger partial charge on any atom is 0.317 e. The Bertz CT molecular complexity index is 273. The highest BCUT2D eigenvalue weighted by Crippen LogP contribution is 2.35. The van der Waals surface area contributed by atoms with Crippen molar-refractivity contribution in [3.05, 3.63) is 0 Å². The summed E-state index contributed by atoms with van der Waals surface area (Å²) in [5, 5.41) is 3.18. The van der Waals surface area contributed by atoms with E-state index in [0.717, 1.165) is 12.8 Å². The molecule has 4 heteroatoms. The van der Waals surface area contributed by atoms with E-state index in [4.69, 9.17) is 4.74 Å². The summed E-state index contributed by atoms with van der Waals surface area (Å²) in [4.78, 5) is 14.3. The first-order valence-corrected chi connectivity index (χ1v) is 7.28. The fraction of sp³-hybridized carbons (Fsp3) is 0.929. The lowest BCUT2D eigenvalue weighted by atomic mass is 10.2. The maximum absolute atomic E-state index is 12.3. The summed E-state index contributed by atoms with van der Waals surface area (Å²) in [6.45, 7) is 3.49. The molecule has 1 unspecified atom stereocenters. The minimum Gasteiger partial charge on any atom is -0.383 e. The molecule has 0 aromatic rings. The van der Waals surface area contributed by atoms with Gasteiger partial charge in [0.15, 0.2) is 0 Å². The number of ether oxygens (including phenoxy) is 1. The number of urea groups is 1. The first-order valence-electron chi connectivity index (χ1n) is 7.28. The van der Waals surface area contributed by atoms with Crippen LogP contribution >= 0.6 is 0 Å². The summed E-state index contributed by atoms with van der Waals surface area (Å²) in [7, 11) is 1.69. The summed E-state index contributed by atoms with van der Waals surface area (Å²) in [6.07, 6.45) is 7.31. The van der Waals surface area contributed by atoms with Crippen molar-refractivity contribution in [2.75, 3.05) is 20.3 Å². The summed E-state index contributed by atoms with van der Waals surface area (Å²) in [6, 6.07) is 0.855. The number of carbonyl (C=O) groups is 1. The molecule has 1 N–H and O–H groups in total. The smallest absolute Gasteiger partial charge is 0.317 e. The van der Waals surface area contributed by atoms with E-state index in [1.165, 1.54) is 25.7 Å². The van der Waals surface area contributed by atoms with Gasteiger partial charge in [0.05, 0.1) is 6.61 Å². The molecule has 2 amide bonds. The second-order valence-electron chi connectivity index (χ2n) is 5.70. The third-order valence-electron chi connectivity index (χ3n) is 4.28. The molecule has 2 saturated carbocycles. The summed E-state index contributed by atoms with van der Waals surface area (Å²) in [5.74, 6) is 0.705. The third kappa shape index (κ3) is 3.61. The normalized spacial score (nSPS) is 21.9. The Balaban J connectivity index is 1.86. The maximum atomic E-state index is 12.3. The molecule has 2 rings (SSSR count). The summed E-state index contributed by atoms with van der Waals surface area (Å²) >= 11 is 0. The highest BCUT2D eigenvalue weighted by Gasteiger charge is 2.34. The first kappa shape index (κ1) is 13.7. The molecule has 0 saturated heterocycles. The van der Waals surface area contributed by atoms with Crippen LogP contribution in [0.3, 0.4) is 0 Å². The standard InChI is InChI=1S/C14H26N2O2/c1-11(12-7-8-12)16(9-10-18-2)14(17)15-13-5-3-4-6-13/h11-13H,3-10H2,1-2H3,(H,15,17). The van der Waals surface area contributed by atoms with Crippen molar-refractivity contribution in [3.8, 4) is 0 Å². The van der Waals surface area contributed by atoms with Gasteiger partial charge in [-0.1, -0.05) is 12.8 Å². The molecule has 1 atom stereocenters. The van der Waals surface area contributed by atoms with Gasteiger partial charge in [0.1, 0.15) is 0 Å². The lowest BCUT2D eigenvalue weighted by Crippen LogP contribution is -2.49. The quantitative estimate of drug-likeness (QED) is 0.790. The number of rotatable bonds is 6. The van der Waals surface area contributed by atoms with Crippen molar-refractivity contribution in [1.29, 1.82) is 0 Å². The Morgan fingerprint density at radius 1 is 1.33 bits per heavy atom. The molecule has 0 radical (unpaired) electrons. The highest BCUT2D eigenvalue weighted by molar-refractivity contribution is 5.75. The van der Waals surface area contributed by atoms with E-state index in [2.05, 4.69) is 12.2 Å². The molecule has 0 aliphatic heterocycles. The second-order valence-corrected chi connectivity index (χ2v) is 5.70. The van der Waals surface area contributed by atoms with E-state index in [1.54, 1.807) is 7.11 Å². The first-order chi connectivity index (χ1) is 8.72. The topological polar surface area (TPSA) is 41.6 Å². The van der Waals surface area contributed by atoms with Crippen molar-refractivity contribution in [1.82, 2.24) is 10.2 Å². The van der Waals surface area contributed by atoms with Gasteiger partial charge in [-0.2, -0.15) is 0 Å². The van der Waals surface area contributed by atoms with Crippen LogP contribution in [0.25, 0.3) is 0 Å². The number of methoxy groups -OCH3 is 1. The average molecular weight is 254 g/mol. The van der Waals surface area contributed by atoms with Gasteiger partial charge in [0, 0.05) is 25.7 Å². The zero-order valence-corrected chi connectivity index (χ0v) is 11.7. The summed E-state index contributed by atoms with van der Waals surface area (Å²) in [5.41, 5.74) is 0. The Hall–Kier alpha value is -0.770. The molecule has 0 aromatic carbocycles. The fourth-order valence-electron chi connectivity index (χ4n) is 2.84. The molecule has 0 aromatic heterocycles. The van der Waals surface area contributed by atoms with Gasteiger partial charge < -0.3 is 15.0 Å². The van der Waals surface area contributed by atoms with Crippen molar-refractivity contribution >= 4 is 6.03 Å². The van der Waals surface area contributed by atoms with Crippen LogP contribution in [0.2, 0.25) is 0 Å². The van der Waals surface area contributed by atoms with Crippen LogP contribution in [0.15, 0.2) is 0 Å². The lowest BCUT2D eigenvalue weighted by molar-refractivity contribution is 0.125. The van der Waals surface area contributed by atoms with Gasteiger partial charge in [0.25, 0.3) is 0 Å². The van der Waals surface area contributed by atoms with Crippen molar-refractivity contribution in [2.24, 2.45) is 5.92 Å². The number of hydrogen-bond donors (Lipinski definition) is 1. The second kappa shape index (κ2) is 6.41. The Morgan fingerprint density at radius 2 is 2.00 bits per heavy atom. The molecule has 2 fully saturated rings. The van der Waals surface area contributed by atoms with Crippen LogP contribution < -0.4 is 5.32 Å². The van der Waals surface area contributed by atoms with Gasteiger partial charge in [-0.3, -0.25) is 0 Å². The minimum atomic E-state index is 0.110. The van der Waals surface area contributed by atoms with Crippen LogP contribution in [0, 0.1) is 5.92 Å². The molecule has 4 nitrogen and oxygen atoms in total. The van der Waals surface area contributed by atoms with Crippen LogP contribution in [-0.4, -0.2) is 43.3 Å². The molecular weight excluding hydrogens is 228 g/mol. The van der Waals surface area contributed by atoms with Gasteiger partial charge >= 0.3 is 6.03 Å². The number of nitrogens with one attached hydrogen (secondary N) is 1. The number of hydrogen-bond acceptors (Lipinski definition) is 2. The van der Waals surface area contributed by atoms with E-state index in [0.29, 0.717) is 31.2 Å². The van der Waals surface area contributed by atoms with Crippen molar-refractivity contribution in [3.63, 3.8) is 0 Å². The Morgan fingerprint density at radius 3 is 2.56 bits per heavy atom. The number of carbonyl (C=O) groups excluding carboxylic acids is 1. The zero-order valence-electron chi connectivity index (χ0n) is 11.7. The van der Waals surface area contributed by atoms with E-state index in [1.807, 2.05) is 4.90 Å². The van der Waals surface area contributed by atoms with Gasteiger partial charge in [-0.25, -0.2) is 4.79 Å². The van der Waals surface area contributed by atoms with Gasteiger partial charge in [0.2, 0.25) is 0 Å². The molecule has 104 valence electrons.